The quantitative estimate of drug-likeness (QED) is 0.744. The predicted octanol–water partition coefficient (Wildman–Crippen LogP) is 3.43. The second kappa shape index (κ2) is 3.43. The number of alkyl halides is 2. The third-order valence-corrected chi connectivity index (χ3v) is 2.07. The van der Waals surface area contributed by atoms with Crippen molar-refractivity contribution in [1.29, 1.82) is 5.26 Å². The third-order valence-electron chi connectivity index (χ3n) is 1.58. The van der Waals surface area contributed by atoms with Crippen molar-refractivity contribution >= 4 is 15.9 Å². The Bertz CT molecular complexity index is 363. The van der Waals surface area contributed by atoms with Crippen molar-refractivity contribution in [2.75, 3.05) is 0 Å². The van der Waals surface area contributed by atoms with Gasteiger partial charge in [-0.2, -0.15) is 5.26 Å². The highest BCUT2D eigenvalue weighted by molar-refractivity contribution is 9.10. The van der Waals surface area contributed by atoms with Gasteiger partial charge in [-0.3, -0.25) is 0 Å². The Hall–Kier alpha value is -0.950. The number of nitrogens with zero attached hydrogens (tertiary/aromatic N) is 1. The maximum atomic E-state index is 12.9. The summed E-state index contributed by atoms with van der Waals surface area (Å²) in [4.78, 5) is 0. The van der Waals surface area contributed by atoms with Crippen molar-refractivity contribution in [3.63, 3.8) is 0 Å². The van der Waals surface area contributed by atoms with Gasteiger partial charge < -0.3 is 0 Å². The molecule has 0 amide bonds. The first-order chi connectivity index (χ1) is 5.95. The summed E-state index contributed by atoms with van der Waals surface area (Å²) in [7, 11) is 0. The van der Waals surface area contributed by atoms with E-state index in [1.165, 1.54) is 18.2 Å². The van der Waals surface area contributed by atoms with Crippen LogP contribution in [0.1, 0.15) is 18.1 Å². The average molecular weight is 246 g/mol. The normalized spacial score (nSPS) is 11.0. The van der Waals surface area contributed by atoms with Crippen LogP contribution in [0.15, 0.2) is 22.7 Å². The van der Waals surface area contributed by atoms with Crippen molar-refractivity contribution in [3.8, 4) is 6.07 Å². The monoisotopic (exact) mass is 245 g/mol. The number of rotatable bonds is 1. The number of halogens is 3. The van der Waals surface area contributed by atoms with Gasteiger partial charge >= 0.3 is 0 Å². The van der Waals surface area contributed by atoms with Crippen LogP contribution < -0.4 is 0 Å². The van der Waals surface area contributed by atoms with E-state index >= 15 is 0 Å². The summed E-state index contributed by atoms with van der Waals surface area (Å²) >= 11 is 3.11. The molecule has 4 heteroatoms. The molecule has 0 fully saturated rings. The molecule has 0 unspecified atom stereocenters. The first-order valence-corrected chi connectivity index (χ1v) is 4.32. The zero-order chi connectivity index (χ0) is 10.1. The second-order valence-electron chi connectivity index (χ2n) is 2.69. The largest absolute Gasteiger partial charge is 0.271 e. The molecule has 0 aromatic heterocycles. The van der Waals surface area contributed by atoms with Crippen LogP contribution in [0.5, 0.6) is 0 Å². The zero-order valence-electron chi connectivity index (χ0n) is 6.81. The Balaban J connectivity index is 3.32. The predicted molar refractivity (Wildman–Crippen MR) is 48.4 cm³/mol. The zero-order valence-corrected chi connectivity index (χ0v) is 8.40. The lowest BCUT2D eigenvalue weighted by atomic mass is 10.0. The molecule has 0 aliphatic rings. The van der Waals surface area contributed by atoms with Crippen molar-refractivity contribution in [2.45, 2.75) is 12.8 Å². The number of hydrogen-bond donors (Lipinski definition) is 0. The van der Waals surface area contributed by atoms with Gasteiger partial charge in [0.05, 0.1) is 11.6 Å². The van der Waals surface area contributed by atoms with E-state index in [9.17, 15) is 8.78 Å². The maximum absolute atomic E-state index is 12.9. The Morgan fingerprint density at radius 2 is 2.08 bits per heavy atom. The van der Waals surface area contributed by atoms with Crippen molar-refractivity contribution in [3.05, 3.63) is 33.8 Å². The topological polar surface area (TPSA) is 23.8 Å². The van der Waals surface area contributed by atoms with Gasteiger partial charge in [-0.25, -0.2) is 8.78 Å². The summed E-state index contributed by atoms with van der Waals surface area (Å²) in [5.41, 5.74) is -0.236. The average Bonchev–Trinajstić information content (AvgIpc) is 2.01. The minimum atomic E-state index is -2.97. The van der Waals surface area contributed by atoms with Gasteiger partial charge in [0, 0.05) is 17.0 Å². The molecule has 0 spiro atoms. The standard InChI is InChI=1S/C9H6BrF2N/c1-9(11,12)8-3-2-7(10)4-6(8)5-13/h2-4H,1H3. The molecule has 1 nitrogen and oxygen atoms in total. The molecule has 1 aromatic rings. The molecule has 13 heavy (non-hydrogen) atoms. The molecular weight excluding hydrogens is 240 g/mol. The molecule has 68 valence electrons. The van der Waals surface area contributed by atoms with Crippen LogP contribution in [0.3, 0.4) is 0 Å². The first kappa shape index (κ1) is 10.1. The molecule has 0 aliphatic heterocycles. The molecular formula is C9H6BrF2N. The Kier molecular flexibility index (Phi) is 2.67. The van der Waals surface area contributed by atoms with Crippen molar-refractivity contribution in [2.24, 2.45) is 0 Å². The smallest absolute Gasteiger partial charge is 0.202 e. The molecule has 0 atom stereocenters. The van der Waals surface area contributed by atoms with Crippen LogP contribution in [0.25, 0.3) is 0 Å². The minimum absolute atomic E-state index is 0.00174. The minimum Gasteiger partial charge on any atom is -0.202 e. The van der Waals surface area contributed by atoms with Gasteiger partial charge in [0.1, 0.15) is 0 Å². The second-order valence-corrected chi connectivity index (χ2v) is 3.61. The molecule has 1 rings (SSSR count). The fraction of sp³-hybridized carbons (Fsp3) is 0.222. The van der Waals surface area contributed by atoms with Gasteiger partial charge in [0.15, 0.2) is 0 Å². The van der Waals surface area contributed by atoms with Crippen molar-refractivity contribution < 1.29 is 8.78 Å². The fourth-order valence-electron chi connectivity index (χ4n) is 0.992. The lowest BCUT2D eigenvalue weighted by molar-refractivity contribution is 0.0172. The van der Waals surface area contributed by atoms with Gasteiger partial charge in [-0.15, -0.1) is 0 Å². The summed E-state index contributed by atoms with van der Waals surface area (Å²) in [5.74, 6) is -2.97. The van der Waals surface area contributed by atoms with Gasteiger partial charge in [-0.1, -0.05) is 22.0 Å². The van der Waals surface area contributed by atoms with Crippen LogP contribution in [-0.2, 0) is 5.92 Å². The molecule has 0 saturated carbocycles. The van der Waals surface area contributed by atoms with Crippen LogP contribution in [0, 0.1) is 11.3 Å². The Morgan fingerprint density at radius 1 is 1.46 bits per heavy atom. The SMILES string of the molecule is CC(F)(F)c1ccc(Br)cc1C#N. The Morgan fingerprint density at radius 3 is 2.54 bits per heavy atom. The van der Waals surface area contributed by atoms with Crippen LogP contribution >= 0.6 is 15.9 Å². The van der Waals surface area contributed by atoms with Gasteiger partial charge in [-0.05, 0) is 12.1 Å². The molecule has 1 aromatic carbocycles. The Labute approximate surface area is 83.1 Å². The van der Waals surface area contributed by atoms with E-state index in [1.54, 1.807) is 6.07 Å². The first-order valence-electron chi connectivity index (χ1n) is 3.53. The highest BCUT2D eigenvalue weighted by Crippen LogP contribution is 2.30. The molecule has 0 N–H and O–H groups in total. The summed E-state index contributed by atoms with van der Waals surface area (Å²) < 4.78 is 26.4. The van der Waals surface area contributed by atoms with E-state index in [-0.39, 0.29) is 11.1 Å². The summed E-state index contributed by atoms with van der Waals surface area (Å²) in [5, 5.41) is 8.60. The lowest BCUT2D eigenvalue weighted by Crippen LogP contribution is -2.09. The summed E-state index contributed by atoms with van der Waals surface area (Å²) in [6.07, 6.45) is 0. The molecule has 0 bridgehead atoms. The van der Waals surface area contributed by atoms with E-state index in [2.05, 4.69) is 15.9 Å². The number of nitriles is 1. The van der Waals surface area contributed by atoms with Gasteiger partial charge in [0.2, 0.25) is 0 Å². The van der Waals surface area contributed by atoms with E-state index in [0.29, 0.717) is 4.47 Å². The van der Waals surface area contributed by atoms with Crippen molar-refractivity contribution in [1.82, 2.24) is 0 Å². The van der Waals surface area contributed by atoms with E-state index in [0.717, 1.165) is 6.92 Å². The van der Waals surface area contributed by atoms with Crippen LogP contribution in [-0.4, -0.2) is 0 Å². The van der Waals surface area contributed by atoms with Crippen LogP contribution in [0.4, 0.5) is 8.78 Å². The van der Waals surface area contributed by atoms with Gasteiger partial charge in [0.25, 0.3) is 5.92 Å². The maximum Gasteiger partial charge on any atom is 0.271 e. The number of hydrogen-bond acceptors (Lipinski definition) is 1. The molecule has 0 radical (unpaired) electrons. The lowest BCUT2D eigenvalue weighted by Gasteiger charge is -2.11. The summed E-state index contributed by atoms with van der Waals surface area (Å²) in [6, 6.07) is 5.86. The van der Waals surface area contributed by atoms with E-state index in [4.69, 9.17) is 5.26 Å². The highest BCUT2D eigenvalue weighted by atomic mass is 79.9. The molecule has 0 saturated heterocycles. The fourth-order valence-corrected chi connectivity index (χ4v) is 1.35. The van der Waals surface area contributed by atoms with E-state index in [1.807, 2.05) is 0 Å². The van der Waals surface area contributed by atoms with Crippen LogP contribution in [0.2, 0.25) is 0 Å². The molecule has 0 aliphatic carbocycles. The number of benzene rings is 1. The third kappa shape index (κ3) is 2.25. The van der Waals surface area contributed by atoms with E-state index < -0.39 is 5.92 Å². The summed E-state index contributed by atoms with van der Waals surface area (Å²) in [6.45, 7) is 0.775. The highest BCUT2D eigenvalue weighted by Gasteiger charge is 2.27. The molecule has 0 heterocycles.